The molecule has 0 saturated carbocycles. The van der Waals surface area contributed by atoms with Crippen molar-refractivity contribution in [3.8, 4) is 23.1 Å². The molecule has 2 heterocycles. The van der Waals surface area contributed by atoms with E-state index in [2.05, 4.69) is 5.10 Å². The average Bonchev–Trinajstić information content (AvgIpc) is 3.20. The van der Waals surface area contributed by atoms with Gasteiger partial charge < -0.3 is 19.3 Å². The van der Waals surface area contributed by atoms with Crippen LogP contribution in [0.15, 0.2) is 26.8 Å². The number of benzene rings is 1. The van der Waals surface area contributed by atoms with Crippen molar-refractivity contribution in [2.24, 2.45) is 19.2 Å². The number of rotatable bonds is 5. The van der Waals surface area contributed by atoms with Crippen molar-refractivity contribution in [2.45, 2.75) is 19.4 Å². The van der Waals surface area contributed by atoms with E-state index in [0.29, 0.717) is 22.8 Å². The lowest BCUT2D eigenvalue weighted by Gasteiger charge is -2.24. The monoisotopic (exact) mass is 432 g/mol. The predicted octanol–water partition coefficient (Wildman–Crippen LogP) is 0.513. The molecule has 1 amide bonds. The maximum atomic E-state index is 12.7. The van der Waals surface area contributed by atoms with Gasteiger partial charge in [0.2, 0.25) is 17.5 Å². The Morgan fingerprint density at radius 1 is 1.06 bits per heavy atom. The maximum absolute atomic E-state index is 12.7. The highest BCUT2D eigenvalue weighted by Gasteiger charge is 2.37. The van der Waals surface area contributed by atoms with Crippen LogP contribution >= 0.6 is 0 Å². The molecule has 31 heavy (non-hydrogen) atoms. The number of hydrogen-bond acceptors (Lipinski definition) is 8. The smallest absolute Gasteiger partial charge is 0.333 e. The lowest BCUT2D eigenvalue weighted by Crippen LogP contribution is -2.39. The molecule has 0 saturated heterocycles. The molecule has 1 aliphatic rings. The summed E-state index contributed by atoms with van der Waals surface area (Å²) in [5.74, 6) is 0.252. The minimum absolute atomic E-state index is 0.104. The molecule has 0 fully saturated rings. The van der Waals surface area contributed by atoms with Gasteiger partial charge in [-0.1, -0.05) is 0 Å². The van der Waals surface area contributed by atoms with Crippen LogP contribution < -0.4 is 25.5 Å². The Morgan fingerprint density at radius 3 is 2.26 bits per heavy atom. The van der Waals surface area contributed by atoms with Crippen LogP contribution in [-0.4, -0.2) is 52.2 Å². The summed E-state index contributed by atoms with van der Waals surface area (Å²) in [6.45, 7) is 1.34. The van der Waals surface area contributed by atoms with Gasteiger partial charge in [0.25, 0.3) is 5.56 Å². The van der Waals surface area contributed by atoms with Gasteiger partial charge in [-0.2, -0.15) is 5.10 Å². The first-order chi connectivity index (χ1) is 14.7. The van der Waals surface area contributed by atoms with E-state index in [-0.39, 0.29) is 23.6 Å². The highest BCUT2D eigenvalue weighted by Crippen LogP contribution is 2.46. The molecule has 1 aromatic heterocycles. The second-order valence-corrected chi connectivity index (χ2v) is 6.96. The summed E-state index contributed by atoms with van der Waals surface area (Å²) < 4.78 is 18.1. The number of aromatic hydroxyl groups is 1. The van der Waals surface area contributed by atoms with Gasteiger partial charge >= 0.3 is 5.69 Å². The van der Waals surface area contributed by atoms with Crippen LogP contribution in [0.25, 0.3) is 0 Å². The topological polar surface area (TPSA) is 125 Å². The fourth-order valence-corrected chi connectivity index (χ4v) is 3.67. The fraction of sp³-hybridized carbons (Fsp3) is 0.400. The number of aromatic nitrogens is 2. The van der Waals surface area contributed by atoms with Gasteiger partial charge in [-0.05, 0) is 12.1 Å². The van der Waals surface area contributed by atoms with E-state index in [0.717, 1.165) is 9.13 Å². The third-order valence-corrected chi connectivity index (χ3v) is 5.25. The molecule has 11 heteroatoms. The molecule has 2 aromatic rings. The van der Waals surface area contributed by atoms with Crippen molar-refractivity contribution in [1.29, 1.82) is 0 Å². The quantitative estimate of drug-likeness (QED) is 0.730. The Kier molecular flexibility index (Phi) is 5.78. The highest BCUT2D eigenvalue weighted by molar-refractivity contribution is 6.04. The first-order valence-corrected chi connectivity index (χ1v) is 9.33. The largest absolute Gasteiger partial charge is 0.494 e. The van der Waals surface area contributed by atoms with Crippen LogP contribution in [0.3, 0.4) is 0 Å². The Hall–Kier alpha value is -3.76. The Labute approximate surface area is 177 Å². The summed E-state index contributed by atoms with van der Waals surface area (Å²) in [6, 6.07) is 2.76. The summed E-state index contributed by atoms with van der Waals surface area (Å²) >= 11 is 0. The minimum atomic E-state index is -0.706. The van der Waals surface area contributed by atoms with Gasteiger partial charge in [0, 0.05) is 33.0 Å². The van der Waals surface area contributed by atoms with Gasteiger partial charge in [-0.25, -0.2) is 9.80 Å². The fourth-order valence-electron chi connectivity index (χ4n) is 3.67. The maximum Gasteiger partial charge on any atom is 0.333 e. The second kappa shape index (κ2) is 8.17. The first-order valence-electron chi connectivity index (χ1n) is 9.33. The summed E-state index contributed by atoms with van der Waals surface area (Å²) in [5, 5.41) is 16.0. The molecule has 0 aliphatic carbocycles. The zero-order chi connectivity index (χ0) is 23.0. The van der Waals surface area contributed by atoms with Crippen LogP contribution in [-0.2, 0) is 18.9 Å². The normalized spacial score (nSPS) is 15.6. The van der Waals surface area contributed by atoms with Gasteiger partial charge in [0.1, 0.15) is 5.56 Å². The number of methoxy groups -OCH3 is 3. The molecular weight excluding hydrogens is 408 g/mol. The summed E-state index contributed by atoms with van der Waals surface area (Å²) in [4.78, 5) is 37.2. The van der Waals surface area contributed by atoms with Crippen molar-refractivity contribution >= 4 is 11.6 Å². The SMILES string of the molecule is COc1ccc([C@@H]2CC(c3c(O)n(C)c(=O)n(C)c3=O)=NN2C(C)=O)c(OC)c1OC. The third-order valence-electron chi connectivity index (χ3n) is 5.25. The van der Waals surface area contributed by atoms with E-state index in [4.69, 9.17) is 14.2 Å². The average molecular weight is 432 g/mol. The molecule has 1 atom stereocenters. The standard InChI is InChI=1S/C20H24N4O7/c1-10(25)24-13(11-7-8-14(29-4)17(31-6)16(11)30-5)9-12(21-24)15-18(26)22(2)20(28)23(3)19(15)27/h7-8,13,26H,9H2,1-6H3/t13-/m0/s1. The number of carbonyl (C=O) groups is 1. The summed E-state index contributed by atoms with van der Waals surface area (Å²) in [5.41, 5.74) is -0.770. The highest BCUT2D eigenvalue weighted by atomic mass is 16.5. The predicted molar refractivity (Wildman–Crippen MR) is 111 cm³/mol. The Morgan fingerprint density at radius 2 is 1.71 bits per heavy atom. The molecular formula is C20H24N4O7. The van der Waals surface area contributed by atoms with E-state index < -0.39 is 23.2 Å². The van der Waals surface area contributed by atoms with Crippen molar-refractivity contribution in [2.75, 3.05) is 21.3 Å². The van der Waals surface area contributed by atoms with Crippen LogP contribution in [0.4, 0.5) is 0 Å². The lowest BCUT2D eigenvalue weighted by atomic mass is 9.97. The van der Waals surface area contributed by atoms with Crippen molar-refractivity contribution < 1.29 is 24.1 Å². The molecule has 11 nitrogen and oxygen atoms in total. The van der Waals surface area contributed by atoms with Crippen LogP contribution in [0.2, 0.25) is 0 Å². The molecule has 0 bridgehead atoms. The summed E-state index contributed by atoms with van der Waals surface area (Å²) in [6.07, 6.45) is 0.104. The summed E-state index contributed by atoms with van der Waals surface area (Å²) in [7, 11) is 7.07. The molecule has 0 unspecified atom stereocenters. The lowest BCUT2D eigenvalue weighted by molar-refractivity contribution is -0.130. The van der Waals surface area contributed by atoms with Crippen LogP contribution in [0.5, 0.6) is 23.1 Å². The molecule has 0 radical (unpaired) electrons. The second-order valence-electron chi connectivity index (χ2n) is 6.96. The minimum Gasteiger partial charge on any atom is -0.494 e. The van der Waals surface area contributed by atoms with E-state index in [1.165, 1.54) is 47.4 Å². The first kappa shape index (κ1) is 21.9. The molecule has 1 aromatic carbocycles. The number of hydrogen-bond donors (Lipinski definition) is 1. The van der Waals surface area contributed by atoms with Crippen molar-refractivity contribution in [3.63, 3.8) is 0 Å². The van der Waals surface area contributed by atoms with Crippen LogP contribution in [0, 0.1) is 0 Å². The molecule has 166 valence electrons. The number of nitrogens with zero attached hydrogens (tertiary/aromatic N) is 4. The third kappa shape index (κ3) is 3.41. The van der Waals surface area contributed by atoms with E-state index in [9.17, 15) is 19.5 Å². The van der Waals surface area contributed by atoms with Gasteiger partial charge in [-0.3, -0.25) is 18.7 Å². The van der Waals surface area contributed by atoms with Crippen molar-refractivity contribution in [1.82, 2.24) is 14.1 Å². The van der Waals surface area contributed by atoms with Gasteiger partial charge in [-0.15, -0.1) is 0 Å². The Bertz CT molecular complexity index is 1200. The molecule has 1 N–H and O–H groups in total. The van der Waals surface area contributed by atoms with Gasteiger partial charge in [0.15, 0.2) is 11.5 Å². The van der Waals surface area contributed by atoms with Crippen molar-refractivity contribution in [3.05, 3.63) is 44.1 Å². The van der Waals surface area contributed by atoms with E-state index in [1.54, 1.807) is 12.1 Å². The van der Waals surface area contributed by atoms with E-state index >= 15 is 0 Å². The van der Waals surface area contributed by atoms with Gasteiger partial charge in [0.05, 0.1) is 33.1 Å². The molecule has 0 spiro atoms. The number of hydrazone groups is 1. The van der Waals surface area contributed by atoms with Crippen LogP contribution in [0.1, 0.15) is 30.5 Å². The zero-order valence-electron chi connectivity index (χ0n) is 18.1. The molecule has 3 rings (SSSR count). The van der Waals surface area contributed by atoms with E-state index in [1.807, 2.05) is 0 Å². The zero-order valence-corrected chi connectivity index (χ0v) is 18.1. The Balaban J connectivity index is 2.19. The number of ether oxygens (including phenoxy) is 3. The number of amides is 1. The number of carbonyl (C=O) groups excluding carboxylic acids is 1. The molecule has 1 aliphatic heterocycles.